The van der Waals surface area contributed by atoms with Crippen molar-refractivity contribution >= 4 is 31.8 Å². The number of fused-ring (bicyclic) bond motifs is 3. The van der Waals surface area contributed by atoms with Crippen LogP contribution in [-0.4, -0.2) is 103 Å². The van der Waals surface area contributed by atoms with E-state index < -0.39 is 86.6 Å². The monoisotopic (exact) mass is 681 g/mol. The number of phosphoric acid groups is 1. The maximum Gasteiger partial charge on any atom is 0.472 e. The standard InChI is InChI=1S/C26H32N7O13P/c1-10-16(29-9-31(2)3)21(37)15-11(7-43-25(28)39)17-23(12(27)6-33(17)18(15)19(10)35)46-47(41,42)44-8-13-20(36)22(38)24(45-13)32-5-4-14(34)30-26(32)40/h4-5,9,12-13,20,22-24,36,38H,6-8,27H2,1-3H3,(H2,28,39)(H,41,42)(H,30,34,40). The van der Waals surface area contributed by atoms with Crippen LogP contribution >= 0.6 is 7.82 Å². The van der Waals surface area contributed by atoms with E-state index in [2.05, 4.69) is 4.99 Å². The minimum absolute atomic E-state index is 0.0148. The van der Waals surface area contributed by atoms with Gasteiger partial charge in [-0.1, -0.05) is 0 Å². The molecule has 0 aromatic carbocycles. The molecule has 21 heteroatoms. The number of aliphatic hydroxyl groups excluding tert-OH is 2. The lowest BCUT2D eigenvalue weighted by Gasteiger charge is -2.23. The number of phosphoric ester groups is 1. The third-order valence-electron chi connectivity index (χ3n) is 7.70. The van der Waals surface area contributed by atoms with Crippen molar-refractivity contribution in [2.24, 2.45) is 16.5 Å². The highest BCUT2D eigenvalue weighted by molar-refractivity contribution is 7.47. The van der Waals surface area contributed by atoms with E-state index in [4.69, 9.17) is 30.0 Å². The topological polar surface area (TPSA) is 293 Å². The highest BCUT2D eigenvalue weighted by Gasteiger charge is 2.49. The van der Waals surface area contributed by atoms with Crippen LogP contribution in [0.25, 0.3) is 0 Å². The first kappa shape index (κ1) is 34.1. The van der Waals surface area contributed by atoms with Gasteiger partial charge in [-0.15, -0.1) is 0 Å². The second kappa shape index (κ2) is 12.7. The number of carbonyl (C=O) groups is 3. The second-order valence-electron chi connectivity index (χ2n) is 11.2. The predicted octanol–water partition coefficient (Wildman–Crippen LogP) is -1.99. The van der Waals surface area contributed by atoms with Gasteiger partial charge in [0.05, 0.1) is 30.2 Å². The van der Waals surface area contributed by atoms with Gasteiger partial charge in [-0.2, -0.15) is 0 Å². The Morgan fingerprint density at radius 3 is 2.57 bits per heavy atom. The number of hydrogen-bond donors (Lipinski definition) is 6. The zero-order valence-electron chi connectivity index (χ0n) is 25.1. The summed E-state index contributed by atoms with van der Waals surface area (Å²) in [5.74, 6) is -1.27. The minimum atomic E-state index is -5.11. The summed E-state index contributed by atoms with van der Waals surface area (Å²) in [5.41, 5.74) is 9.30. The molecule has 1 fully saturated rings. The predicted molar refractivity (Wildman–Crippen MR) is 157 cm³/mol. The Bertz CT molecular complexity index is 1860. The van der Waals surface area contributed by atoms with Crippen LogP contribution in [0.15, 0.2) is 38.1 Å². The molecule has 4 heterocycles. The van der Waals surface area contributed by atoms with E-state index in [-0.39, 0.29) is 40.3 Å². The maximum atomic E-state index is 13.7. The Hall–Kier alpha value is -4.27. The van der Waals surface area contributed by atoms with Gasteiger partial charge in [0.25, 0.3) is 5.56 Å². The van der Waals surface area contributed by atoms with Gasteiger partial charge in [-0.25, -0.2) is 19.1 Å². The molecule has 0 bridgehead atoms. The Balaban J connectivity index is 1.41. The number of H-pyrrole nitrogens is 1. The van der Waals surface area contributed by atoms with E-state index in [1.165, 1.54) is 17.8 Å². The third kappa shape index (κ3) is 6.36. The number of allylic oxidation sites excluding steroid dienone is 2. The minimum Gasteiger partial charge on any atom is -0.445 e. The van der Waals surface area contributed by atoms with E-state index in [0.29, 0.717) is 0 Å². The van der Waals surface area contributed by atoms with E-state index in [9.17, 15) is 43.6 Å². The molecule has 1 aliphatic carbocycles. The molecule has 7 unspecified atom stereocenters. The number of aromatic amines is 1. The normalized spacial score (nSPS) is 26.9. The van der Waals surface area contributed by atoms with Gasteiger partial charge in [0.2, 0.25) is 11.6 Å². The van der Waals surface area contributed by atoms with Crippen LogP contribution in [0.5, 0.6) is 0 Å². The van der Waals surface area contributed by atoms with Crippen molar-refractivity contribution in [3.8, 4) is 0 Å². The van der Waals surface area contributed by atoms with Crippen molar-refractivity contribution < 1.29 is 52.6 Å². The molecule has 3 aliphatic rings. The average Bonchev–Trinajstić information content (AvgIpc) is 3.57. The van der Waals surface area contributed by atoms with Gasteiger partial charge >= 0.3 is 19.6 Å². The molecule has 0 saturated carbocycles. The number of aliphatic hydroxyl groups is 2. The van der Waals surface area contributed by atoms with E-state index in [1.54, 1.807) is 19.0 Å². The van der Waals surface area contributed by atoms with Crippen LogP contribution in [0.4, 0.5) is 4.79 Å². The summed E-state index contributed by atoms with van der Waals surface area (Å²) in [6.07, 6.45) is -6.67. The number of hydrogen-bond acceptors (Lipinski definition) is 14. The van der Waals surface area contributed by atoms with Crippen molar-refractivity contribution in [3.63, 3.8) is 0 Å². The number of carbonyl (C=O) groups excluding carboxylic acids is 3. The molecule has 2 aliphatic heterocycles. The summed E-state index contributed by atoms with van der Waals surface area (Å²) >= 11 is 0. The van der Waals surface area contributed by atoms with E-state index in [1.807, 2.05) is 4.98 Å². The molecule has 7 atom stereocenters. The fourth-order valence-electron chi connectivity index (χ4n) is 5.58. The zero-order valence-corrected chi connectivity index (χ0v) is 26.0. The fourth-order valence-corrected chi connectivity index (χ4v) is 6.52. The lowest BCUT2D eigenvalue weighted by molar-refractivity contribution is -0.0564. The van der Waals surface area contributed by atoms with Crippen molar-refractivity contribution in [3.05, 3.63) is 66.9 Å². The summed E-state index contributed by atoms with van der Waals surface area (Å²) in [6, 6.07) is -0.0835. The number of ketones is 2. The van der Waals surface area contributed by atoms with Crippen LogP contribution in [0.1, 0.15) is 51.4 Å². The maximum absolute atomic E-state index is 13.7. The van der Waals surface area contributed by atoms with Crippen LogP contribution in [0.2, 0.25) is 0 Å². The Morgan fingerprint density at radius 2 is 1.94 bits per heavy atom. The van der Waals surface area contributed by atoms with Crippen molar-refractivity contribution in [2.45, 2.75) is 56.8 Å². The van der Waals surface area contributed by atoms with Gasteiger partial charge in [0.15, 0.2) is 6.23 Å². The van der Waals surface area contributed by atoms with E-state index in [0.717, 1.165) is 16.8 Å². The summed E-state index contributed by atoms with van der Waals surface area (Å²) in [5, 5.41) is 20.9. The molecule has 2 aromatic heterocycles. The molecule has 1 amide bonds. The highest BCUT2D eigenvalue weighted by Crippen LogP contribution is 2.52. The first-order valence-corrected chi connectivity index (χ1v) is 15.4. The smallest absolute Gasteiger partial charge is 0.445 e. The molecule has 0 spiro atoms. The quantitative estimate of drug-likeness (QED) is 0.0899. The highest BCUT2D eigenvalue weighted by atomic mass is 31.2. The number of primary amides is 1. The molecule has 47 heavy (non-hydrogen) atoms. The number of aromatic nitrogens is 3. The number of amides is 1. The average molecular weight is 682 g/mol. The molecule has 254 valence electrons. The number of nitrogens with two attached hydrogens (primary N) is 2. The molecule has 5 rings (SSSR count). The number of Topliss-reactive ketones (excluding diaryl/α,β-unsaturated/α-hetero) is 2. The van der Waals surface area contributed by atoms with Gasteiger partial charge in [-0.05, 0) is 6.92 Å². The molecule has 1 saturated heterocycles. The van der Waals surface area contributed by atoms with E-state index >= 15 is 0 Å². The zero-order chi connectivity index (χ0) is 34.5. The lowest BCUT2D eigenvalue weighted by atomic mass is 9.89. The van der Waals surface area contributed by atoms with Crippen LogP contribution in [0.3, 0.4) is 0 Å². The second-order valence-corrected chi connectivity index (χ2v) is 12.6. The van der Waals surface area contributed by atoms with Crippen LogP contribution in [-0.2, 0) is 36.2 Å². The summed E-state index contributed by atoms with van der Waals surface area (Å²) in [6.45, 7) is -0.200. The largest absolute Gasteiger partial charge is 0.472 e. The van der Waals surface area contributed by atoms with Gasteiger partial charge in [0, 0.05) is 44.0 Å². The summed E-state index contributed by atoms with van der Waals surface area (Å²) < 4.78 is 36.3. The number of nitrogens with one attached hydrogen (secondary N) is 1. The van der Waals surface area contributed by atoms with Crippen molar-refractivity contribution in [2.75, 3.05) is 20.7 Å². The molecule has 0 radical (unpaired) electrons. The summed E-state index contributed by atoms with van der Waals surface area (Å²) in [7, 11) is -1.79. The Labute approximate surface area is 264 Å². The Kier molecular flexibility index (Phi) is 9.23. The van der Waals surface area contributed by atoms with Gasteiger partial charge in [0.1, 0.15) is 42.4 Å². The molecular formula is C26H32N7O13P. The first-order valence-electron chi connectivity index (χ1n) is 13.9. The number of ether oxygens (including phenoxy) is 2. The first-order chi connectivity index (χ1) is 22.0. The van der Waals surface area contributed by atoms with Crippen molar-refractivity contribution in [1.29, 1.82) is 0 Å². The number of rotatable bonds is 10. The molecule has 8 N–H and O–H groups in total. The molecule has 20 nitrogen and oxygen atoms in total. The third-order valence-corrected chi connectivity index (χ3v) is 8.67. The fraction of sp³-hybridized carbons (Fsp3) is 0.462. The molecule has 2 aromatic rings. The Morgan fingerprint density at radius 1 is 1.23 bits per heavy atom. The molecular weight excluding hydrogens is 649 g/mol. The van der Waals surface area contributed by atoms with Gasteiger partial charge in [-0.3, -0.25) is 33.0 Å². The number of nitrogens with zero attached hydrogens (tertiary/aromatic N) is 4. The lowest BCUT2D eigenvalue weighted by Crippen LogP contribution is -2.37. The van der Waals surface area contributed by atoms with Crippen LogP contribution in [0, 0.1) is 0 Å². The number of aliphatic imine (C=N–C) groups is 1. The van der Waals surface area contributed by atoms with Gasteiger partial charge < -0.3 is 45.5 Å². The SMILES string of the molecule is CC1=C(N=CN(C)C)C(=O)c2c(COC(N)=O)c3n(c2C1=O)CC(N)C3OP(=O)(O)OCC1OC(n2ccc(=O)[nH]c2=O)C(O)C1O. The van der Waals surface area contributed by atoms with Crippen LogP contribution < -0.4 is 22.7 Å². The summed E-state index contributed by atoms with van der Waals surface area (Å²) in [4.78, 5) is 80.6. The van der Waals surface area contributed by atoms with Crippen molar-refractivity contribution in [1.82, 2.24) is 19.0 Å².